The molecule has 3 aliphatic rings. The first kappa shape index (κ1) is 31.0. The van der Waals surface area contributed by atoms with Crippen molar-refractivity contribution in [3.8, 4) is 11.8 Å². The predicted octanol–water partition coefficient (Wildman–Crippen LogP) is 4.67. The van der Waals surface area contributed by atoms with Crippen LogP contribution >= 0.6 is 0 Å². The van der Waals surface area contributed by atoms with Crippen LogP contribution in [-0.4, -0.2) is 57.7 Å². The molecule has 8 nitrogen and oxygen atoms in total. The zero-order valence-corrected chi connectivity index (χ0v) is 24.9. The van der Waals surface area contributed by atoms with Crippen molar-refractivity contribution in [2.45, 2.75) is 90.6 Å². The summed E-state index contributed by atoms with van der Waals surface area (Å²) in [6, 6.07) is 3.87. The van der Waals surface area contributed by atoms with Gasteiger partial charge in [0.05, 0.1) is 18.6 Å². The second-order valence-electron chi connectivity index (χ2n) is 12.6. The lowest BCUT2D eigenvalue weighted by atomic mass is 9.97. The highest BCUT2D eigenvalue weighted by Gasteiger charge is 2.55. The predicted molar refractivity (Wildman–Crippen MR) is 156 cm³/mol. The van der Waals surface area contributed by atoms with E-state index in [0.717, 1.165) is 11.1 Å². The van der Waals surface area contributed by atoms with E-state index in [1.165, 1.54) is 15.9 Å². The molecule has 1 aromatic carbocycles. The summed E-state index contributed by atoms with van der Waals surface area (Å²) in [6.07, 6.45) is 1.71. The van der Waals surface area contributed by atoms with Crippen LogP contribution in [0.25, 0.3) is 0 Å². The zero-order valence-electron chi connectivity index (χ0n) is 24.9. The van der Waals surface area contributed by atoms with Gasteiger partial charge in [-0.25, -0.2) is 9.18 Å². The van der Waals surface area contributed by atoms with Gasteiger partial charge in [-0.15, -0.1) is 6.58 Å². The molecular formula is C33H40FN3O5. The Morgan fingerprint density at radius 3 is 2.57 bits per heavy atom. The summed E-state index contributed by atoms with van der Waals surface area (Å²) in [5, 5.41) is 3.08. The number of nitrogens with zero attached hydrogens (tertiary/aromatic N) is 2. The molecule has 1 saturated heterocycles. The highest BCUT2D eigenvalue weighted by molar-refractivity contribution is 5.96. The Labute approximate surface area is 247 Å². The van der Waals surface area contributed by atoms with E-state index in [2.05, 4.69) is 30.3 Å². The van der Waals surface area contributed by atoms with E-state index >= 15 is 0 Å². The molecule has 2 aliphatic heterocycles. The summed E-state index contributed by atoms with van der Waals surface area (Å²) < 4.78 is 20.0. The zero-order chi connectivity index (χ0) is 30.8. The van der Waals surface area contributed by atoms with Gasteiger partial charge in [0, 0.05) is 42.7 Å². The Morgan fingerprint density at radius 2 is 1.95 bits per heavy atom. The topological polar surface area (TPSA) is 96.0 Å². The van der Waals surface area contributed by atoms with Crippen LogP contribution in [0.2, 0.25) is 0 Å². The minimum Gasteiger partial charge on any atom is -0.444 e. The largest absolute Gasteiger partial charge is 0.444 e. The van der Waals surface area contributed by atoms with Crippen molar-refractivity contribution in [2.24, 2.45) is 11.3 Å². The molecule has 1 unspecified atom stereocenters. The van der Waals surface area contributed by atoms with E-state index < -0.39 is 23.8 Å². The first-order valence-corrected chi connectivity index (χ1v) is 14.4. The number of Topliss-reactive ketones (excluding diaryl/α,β-unsaturated/α-hetero) is 1. The molecule has 1 aliphatic carbocycles. The summed E-state index contributed by atoms with van der Waals surface area (Å²) in [5.74, 6) is 4.32. The number of fused-ring (bicyclic) bond motifs is 1. The summed E-state index contributed by atoms with van der Waals surface area (Å²) in [4.78, 5) is 55.0. The Kier molecular flexibility index (Phi) is 8.95. The lowest BCUT2D eigenvalue weighted by Gasteiger charge is -2.27. The Bertz CT molecular complexity index is 1370. The van der Waals surface area contributed by atoms with Gasteiger partial charge < -0.3 is 15.0 Å². The minimum atomic E-state index is -0.859. The number of ketones is 1. The molecular weight excluding hydrogens is 537 g/mol. The molecule has 2 heterocycles. The van der Waals surface area contributed by atoms with E-state index in [-0.39, 0.29) is 80.1 Å². The Balaban J connectivity index is 1.42. The molecule has 42 heavy (non-hydrogen) atoms. The third-order valence-corrected chi connectivity index (χ3v) is 8.12. The van der Waals surface area contributed by atoms with Gasteiger partial charge in [-0.05, 0) is 58.1 Å². The Hall–Kier alpha value is -3.93. The monoisotopic (exact) mass is 577 g/mol. The van der Waals surface area contributed by atoms with Crippen molar-refractivity contribution >= 4 is 23.7 Å². The van der Waals surface area contributed by atoms with Crippen molar-refractivity contribution in [3.05, 3.63) is 60.0 Å². The normalized spacial score (nSPS) is 24.3. The van der Waals surface area contributed by atoms with Crippen molar-refractivity contribution < 1.29 is 28.3 Å². The molecule has 4 atom stereocenters. The average Bonchev–Trinajstić information content (AvgIpc) is 3.24. The SMILES string of the molecule is C=C[C@@H]1C[C@]1(NC(=O)[C@@H]1CC(OC(=O)N2Cc3cccc(F)c3C2)CN1C(=O)CCCC(=O)C#CC(C)(C)C)C(=C)C. The standard InChI is InChI=1S/C33H40FN3O5/c1-7-23-17-33(23,21(2)3)35-30(40)28-16-25(42-31(41)36-18-22-10-8-12-27(34)26(22)20-36)19-37(28)29(39)13-9-11-24(38)14-15-32(4,5)6/h7-8,10,12,23,25,28H,1-2,9,11,13,16-20H2,3-6H3,(H,35,40)/t23-,25?,28+,33+/m1/s1. The van der Waals surface area contributed by atoms with Crippen LogP contribution in [-0.2, 0) is 32.2 Å². The van der Waals surface area contributed by atoms with Crippen molar-refractivity contribution in [3.63, 3.8) is 0 Å². The van der Waals surface area contributed by atoms with Crippen LogP contribution in [0.15, 0.2) is 43.0 Å². The average molecular weight is 578 g/mol. The summed E-state index contributed by atoms with van der Waals surface area (Å²) in [5.41, 5.74) is 1.08. The fourth-order valence-corrected chi connectivity index (χ4v) is 5.61. The smallest absolute Gasteiger partial charge is 0.410 e. The van der Waals surface area contributed by atoms with Gasteiger partial charge in [0.2, 0.25) is 17.6 Å². The van der Waals surface area contributed by atoms with Crippen LogP contribution in [0.4, 0.5) is 9.18 Å². The number of hydrogen-bond acceptors (Lipinski definition) is 5. The van der Waals surface area contributed by atoms with Crippen LogP contribution in [0, 0.1) is 29.0 Å². The molecule has 1 aromatic rings. The van der Waals surface area contributed by atoms with E-state index in [0.29, 0.717) is 12.0 Å². The van der Waals surface area contributed by atoms with Gasteiger partial charge in [-0.1, -0.05) is 36.3 Å². The van der Waals surface area contributed by atoms with Crippen molar-refractivity contribution in [2.75, 3.05) is 6.54 Å². The number of carbonyl (C=O) groups is 4. The maximum absolute atomic E-state index is 14.2. The van der Waals surface area contributed by atoms with Crippen LogP contribution in [0.1, 0.15) is 70.9 Å². The fourth-order valence-electron chi connectivity index (χ4n) is 5.61. The van der Waals surface area contributed by atoms with E-state index in [1.54, 1.807) is 18.2 Å². The molecule has 0 radical (unpaired) electrons. The summed E-state index contributed by atoms with van der Waals surface area (Å²) in [7, 11) is 0. The third kappa shape index (κ3) is 6.92. The number of halogens is 1. The number of hydrogen-bond donors (Lipinski definition) is 1. The molecule has 1 N–H and O–H groups in total. The molecule has 0 aromatic heterocycles. The van der Waals surface area contributed by atoms with Gasteiger partial charge in [-0.2, -0.15) is 0 Å². The van der Waals surface area contributed by atoms with Gasteiger partial charge in [0.15, 0.2) is 0 Å². The minimum absolute atomic E-state index is 0.0422. The molecule has 0 bridgehead atoms. The van der Waals surface area contributed by atoms with E-state index in [9.17, 15) is 23.6 Å². The second-order valence-corrected chi connectivity index (χ2v) is 12.6. The first-order valence-electron chi connectivity index (χ1n) is 14.4. The molecule has 9 heteroatoms. The van der Waals surface area contributed by atoms with Gasteiger partial charge >= 0.3 is 6.09 Å². The number of ether oxygens (including phenoxy) is 1. The molecule has 3 amide bonds. The maximum Gasteiger partial charge on any atom is 0.410 e. The highest BCUT2D eigenvalue weighted by Crippen LogP contribution is 2.49. The maximum atomic E-state index is 14.2. The molecule has 224 valence electrons. The summed E-state index contributed by atoms with van der Waals surface area (Å²) in [6.45, 7) is 15.8. The van der Waals surface area contributed by atoms with Gasteiger partial charge in [-0.3, -0.25) is 19.3 Å². The van der Waals surface area contributed by atoms with E-state index in [1.807, 2.05) is 27.7 Å². The number of rotatable bonds is 9. The lowest BCUT2D eigenvalue weighted by Crippen LogP contribution is -2.50. The number of benzene rings is 1. The van der Waals surface area contributed by atoms with Crippen LogP contribution < -0.4 is 5.32 Å². The van der Waals surface area contributed by atoms with Gasteiger partial charge in [0.25, 0.3) is 0 Å². The molecule has 0 spiro atoms. The molecule has 2 fully saturated rings. The van der Waals surface area contributed by atoms with Crippen LogP contribution in [0.5, 0.6) is 0 Å². The van der Waals surface area contributed by atoms with Crippen LogP contribution in [0.3, 0.4) is 0 Å². The summed E-state index contributed by atoms with van der Waals surface area (Å²) >= 11 is 0. The number of carbonyl (C=O) groups excluding carboxylic acids is 4. The lowest BCUT2D eigenvalue weighted by molar-refractivity contribution is -0.139. The first-order chi connectivity index (χ1) is 19.7. The second kappa shape index (κ2) is 12.1. The third-order valence-electron chi connectivity index (χ3n) is 8.12. The van der Waals surface area contributed by atoms with Crippen molar-refractivity contribution in [1.29, 1.82) is 0 Å². The number of likely N-dealkylation sites (tertiary alicyclic amines) is 1. The molecule has 4 rings (SSSR count). The molecule has 1 saturated carbocycles. The van der Waals surface area contributed by atoms with Gasteiger partial charge in [0.1, 0.15) is 18.0 Å². The fraction of sp³-hybridized carbons (Fsp3) is 0.515. The Morgan fingerprint density at radius 1 is 1.21 bits per heavy atom. The number of nitrogens with one attached hydrogen (secondary N) is 1. The highest BCUT2D eigenvalue weighted by atomic mass is 19.1. The quantitative estimate of drug-likeness (QED) is 0.261. The number of amides is 3. The van der Waals surface area contributed by atoms with Crippen molar-refractivity contribution in [1.82, 2.24) is 15.1 Å². The van der Waals surface area contributed by atoms with E-state index in [4.69, 9.17) is 4.74 Å².